The van der Waals surface area contributed by atoms with E-state index in [9.17, 15) is 14.4 Å². The van der Waals surface area contributed by atoms with Gasteiger partial charge in [-0.05, 0) is 24.5 Å². The normalized spacial score (nSPS) is 12.1. The van der Waals surface area contributed by atoms with Crippen LogP contribution < -0.4 is 9.79 Å². The first-order valence-corrected chi connectivity index (χ1v) is 6.74. The SMILES string of the molecule is O=P([O-])([O-])OCCCc1c[nH]c2ccccc12. The number of benzene rings is 1. The lowest BCUT2D eigenvalue weighted by molar-refractivity contribution is -0.341. The molecule has 92 valence electrons. The Morgan fingerprint density at radius 3 is 2.82 bits per heavy atom. The Bertz CT molecular complexity index is 545. The van der Waals surface area contributed by atoms with Crippen LogP contribution in [0.25, 0.3) is 10.9 Å². The van der Waals surface area contributed by atoms with Gasteiger partial charge >= 0.3 is 0 Å². The van der Waals surface area contributed by atoms with Crippen molar-refractivity contribution < 1.29 is 18.9 Å². The second-order valence-electron chi connectivity index (χ2n) is 3.74. The van der Waals surface area contributed by atoms with E-state index < -0.39 is 7.82 Å². The first-order valence-electron chi connectivity index (χ1n) is 5.28. The van der Waals surface area contributed by atoms with E-state index in [1.807, 2.05) is 30.5 Å². The van der Waals surface area contributed by atoms with Gasteiger partial charge in [0.05, 0.1) is 14.4 Å². The van der Waals surface area contributed by atoms with Gasteiger partial charge in [0, 0.05) is 17.1 Å². The second kappa shape index (κ2) is 5.02. The van der Waals surface area contributed by atoms with Gasteiger partial charge in [0.2, 0.25) is 0 Å². The molecule has 2 aromatic rings. The third-order valence-corrected chi connectivity index (χ3v) is 3.01. The van der Waals surface area contributed by atoms with Gasteiger partial charge in [-0.15, -0.1) is 0 Å². The Morgan fingerprint density at radius 2 is 2.06 bits per heavy atom. The molecule has 0 saturated heterocycles. The van der Waals surface area contributed by atoms with Crippen molar-refractivity contribution in [3.05, 3.63) is 36.0 Å². The lowest BCUT2D eigenvalue weighted by Crippen LogP contribution is -2.16. The largest absolute Gasteiger partial charge is 0.790 e. The molecule has 2 rings (SSSR count). The van der Waals surface area contributed by atoms with Crippen LogP contribution in [0.5, 0.6) is 0 Å². The van der Waals surface area contributed by atoms with E-state index >= 15 is 0 Å². The molecule has 0 saturated carbocycles. The van der Waals surface area contributed by atoms with Crippen LogP contribution >= 0.6 is 7.82 Å². The molecule has 17 heavy (non-hydrogen) atoms. The number of hydrogen-bond donors (Lipinski definition) is 1. The van der Waals surface area contributed by atoms with Gasteiger partial charge in [-0.1, -0.05) is 18.2 Å². The van der Waals surface area contributed by atoms with E-state index in [2.05, 4.69) is 9.51 Å². The predicted octanol–water partition coefficient (Wildman–Crippen LogP) is 0.946. The zero-order chi connectivity index (χ0) is 12.3. The molecule has 0 amide bonds. The average Bonchev–Trinajstić information content (AvgIpc) is 2.67. The first kappa shape index (κ1) is 12.3. The maximum atomic E-state index is 10.2. The lowest BCUT2D eigenvalue weighted by Gasteiger charge is -2.28. The van der Waals surface area contributed by atoms with Crippen molar-refractivity contribution in [1.82, 2.24) is 4.98 Å². The van der Waals surface area contributed by atoms with Crippen molar-refractivity contribution in [2.75, 3.05) is 6.61 Å². The van der Waals surface area contributed by atoms with Crippen molar-refractivity contribution in [2.45, 2.75) is 12.8 Å². The third kappa shape index (κ3) is 3.41. The summed E-state index contributed by atoms with van der Waals surface area (Å²) in [5.74, 6) is 0. The summed E-state index contributed by atoms with van der Waals surface area (Å²) in [7, 11) is -4.83. The predicted molar refractivity (Wildman–Crippen MR) is 60.2 cm³/mol. The van der Waals surface area contributed by atoms with Crippen LogP contribution in [0.2, 0.25) is 0 Å². The standard InChI is InChI=1S/C11H14NO4P/c13-17(14,15)16-7-3-4-9-8-12-11-6-2-1-5-10(9)11/h1-2,5-6,8,12H,3-4,7H2,(H2,13,14,15)/p-2. The number of rotatable bonds is 5. The molecule has 0 aliphatic heterocycles. The Balaban J connectivity index is 1.93. The number of fused-ring (bicyclic) bond motifs is 1. The van der Waals surface area contributed by atoms with Gasteiger partial charge < -0.3 is 23.9 Å². The third-order valence-electron chi connectivity index (χ3n) is 2.51. The maximum absolute atomic E-state index is 10.2. The first-order chi connectivity index (χ1) is 8.06. The summed E-state index contributed by atoms with van der Waals surface area (Å²) in [6, 6.07) is 7.85. The van der Waals surface area contributed by atoms with Crippen LogP contribution in [0.3, 0.4) is 0 Å². The number of H-pyrrole nitrogens is 1. The highest BCUT2D eigenvalue weighted by molar-refractivity contribution is 7.43. The number of aromatic amines is 1. The van der Waals surface area contributed by atoms with Crippen LogP contribution in [0.1, 0.15) is 12.0 Å². The molecule has 0 aliphatic rings. The van der Waals surface area contributed by atoms with E-state index in [4.69, 9.17) is 0 Å². The molecule has 0 atom stereocenters. The van der Waals surface area contributed by atoms with Gasteiger partial charge in [0.15, 0.2) is 0 Å². The molecular weight excluding hydrogens is 241 g/mol. The van der Waals surface area contributed by atoms with Crippen molar-refractivity contribution in [3.63, 3.8) is 0 Å². The van der Waals surface area contributed by atoms with Crippen molar-refractivity contribution >= 4 is 18.7 Å². The fourth-order valence-electron chi connectivity index (χ4n) is 1.78. The van der Waals surface area contributed by atoms with E-state index in [-0.39, 0.29) is 6.61 Å². The van der Waals surface area contributed by atoms with Crippen LogP contribution in [0.4, 0.5) is 0 Å². The summed E-state index contributed by atoms with van der Waals surface area (Å²) >= 11 is 0. The smallest absolute Gasteiger partial charge is 0.0596 e. The Hall–Kier alpha value is -1.13. The molecule has 5 nitrogen and oxygen atoms in total. The van der Waals surface area contributed by atoms with Gasteiger partial charge in [-0.2, -0.15) is 0 Å². The van der Waals surface area contributed by atoms with E-state index in [0.29, 0.717) is 12.8 Å². The molecule has 1 N–H and O–H groups in total. The maximum Gasteiger partial charge on any atom is 0.0596 e. The summed E-state index contributed by atoms with van der Waals surface area (Å²) in [4.78, 5) is 23.6. The highest BCUT2D eigenvalue weighted by Crippen LogP contribution is 2.25. The van der Waals surface area contributed by atoms with Crippen molar-refractivity contribution in [1.29, 1.82) is 0 Å². The molecule has 1 aromatic carbocycles. The van der Waals surface area contributed by atoms with Gasteiger partial charge in [0.25, 0.3) is 0 Å². The number of aryl methyl sites for hydroxylation is 1. The minimum Gasteiger partial charge on any atom is -0.790 e. The Labute approximate surface area is 98.7 Å². The van der Waals surface area contributed by atoms with Crippen LogP contribution in [0, 0.1) is 0 Å². The number of hydrogen-bond acceptors (Lipinski definition) is 4. The molecule has 0 spiro atoms. The zero-order valence-corrected chi connectivity index (χ0v) is 9.98. The number of phosphoric ester groups is 1. The monoisotopic (exact) mass is 253 g/mol. The zero-order valence-electron chi connectivity index (χ0n) is 9.09. The van der Waals surface area contributed by atoms with Crippen molar-refractivity contribution in [3.8, 4) is 0 Å². The number of aromatic nitrogens is 1. The molecule has 0 aliphatic carbocycles. The van der Waals surface area contributed by atoms with E-state index in [1.54, 1.807) is 0 Å². The average molecular weight is 253 g/mol. The van der Waals surface area contributed by atoms with E-state index in [1.165, 1.54) is 0 Å². The van der Waals surface area contributed by atoms with Crippen LogP contribution in [-0.4, -0.2) is 11.6 Å². The lowest BCUT2D eigenvalue weighted by atomic mass is 10.1. The quantitative estimate of drug-likeness (QED) is 0.634. The van der Waals surface area contributed by atoms with Gasteiger partial charge in [0.1, 0.15) is 0 Å². The Morgan fingerprint density at radius 1 is 1.29 bits per heavy atom. The second-order valence-corrected chi connectivity index (χ2v) is 4.90. The molecule has 0 fully saturated rings. The summed E-state index contributed by atoms with van der Waals surface area (Å²) in [5, 5.41) is 1.11. The fraction of sp³-hybridized carbons (Fsp3) is 0.273. The summed E-state index contributed by atoms with van der Waals surface area (Å²) in [6.45, 7) is -0.0657. The highest BCUT2D eigenvalue weighted by atomic mass is 31.2. The molecular formula is C11H12NO4P-2. The molecule has 1 heterocycles. The minimum absolute atomic E-state index is 0.0657. The van der Waals surface area contributed by atoms with Crippen LogP contribution in [-0.2, 0) is 15.5 Å². The minimum atomic E-state index is -4.83. The summed E-state index contributed by atoms with van der Waals surface area (Å²) in [5.41, 5.74) is 2.14. The fourth-order valence-corrected chi connectivity index (χ4v) is 2.13. The summed E-state index contributed by atoms with van der Waals surface area (Å²) < 4.78 is 14.4. The topological polar surface area (TPSA) is 88.2 Å². The summed E-state index contributed by atoms with van der Waals surface area (Å²) in [6.07, 6.45) is 3.05. The molecule has 0 unspecified atom stereocenters. The number of nitrogens with one attached hydrogen (secondary N) is 1. The van der Waals surface area contributed by atoms with Crippen LogP contribution in [0.15, 0.2) is 30.5 Å². The Kier molecular flexibility index (Phi) is 3.64. The van der Waals surface area contributed by atoms with Gasteiger partial charge in [-0.3, -0.25) is 0 Å². The molecule has 6 heteroatoms. The van der Waals surface area contributed by atoms with Crippen molar-refractivity contribution in [2.24, 2.45) is 0 Å². The molecule has 0 radical (unpaired) electrons. The number of para-hydroxylation sites is 1. The highest BCUT2D eigenvalue weighted by Gasteiger charge is 2.02. The number of phosphoric acid groups is 1. The van der Waals surface area contributed by atoms with Gasteiger partial charge in [-0.25, -0.2) is 0 Å². The molecule has 0 bridgehead atoms. The van der Waals surface area contributed by atoms with E-state index in [0.717, 1.165) is 16.5 Å². The molecule has 1 aromatic heterocycles.